The molecule has 0 bridgehead atoms. The number of aryl methyl sites for hydroxylation is 2. The minimum Gasteiger partial charge on any atom is -0.453 e. The number of nitrogens with zero attached hydrogens (tertiary/aromatic N) is 2. The average Bonchev–Trinajstić information content (AvgIpc) is 3.32. The number of aliphatic hydroxyl groups is 2. The van der Waals surface area contributed by atoms with E-state index >= 15 is 0 Å². The second kappa shape index (κ2) is 8.88. The van der Waals surface area contributed by atoms with Gasteiger partial charge in [0.25, 0.3) is 0 Å². The number of esters is 2. The van der Waals surface area contributed by atoms with E-state index in [9.17, 15) is 19.8 Å². The third-order valence-corrected chi connectivity index (χ3v) is 7.46. The Kier molecular flexibility index (Phi) is 6.33. The molecule has 32 heavy (non-hydrogen) atoms. The first kappa shape index (κ1) is 22.8. The van der Waals surface area contributed by atoms with Crippen LogP contribution >= 0.6 is 22.7 Å². The summed E-state index contributed by atoms with van der Waals surface area (Å²) in [6, 6.07) is -1.09. The Bertz CT molecular complexity index is 948. The third kappa shape index (κ3) is 4.29. The first-order valence-corrected chi connectivity index (χ1v) is 11.6. The number of nitrogens with two attached hydrogens (primary N) is 4. The van der Waals surface area contributed by atoms with E-state index in [4.69, 9.17) is 32.4 Å². The normalized spacial score (nSPS) is 26.5. The molecule has 2 aromatic rings. The van der Waals surface area contributed by atoms with E-state index in [0.717, 1.165) is 22.7 Å². The summed E-state index contributed by atoms with van der Waals surface area (Å²) in [4.78, 5) is 34.5. The lowest BCUT2D eigenvalue weighted by atomic mass is 9.95. The number of ether oxygens (including phenoxy) is 2. The van der Waals surface area contributed by atoms with Crippen LogP contribution in [0.2, 0.25) is 0 Å². The predicted octanol–water partition coefficient (Wildman–Crippen LogP) is -1.10. The molecule has 2 unspecified atom stereocenters. The third-order valence-electron chi connectivity index (χ3n) is 5.48. The highest BCUT2D eigenvalue weighted by Crippen LogP contribution is 2.38. The van der Waals surface area contributed by atoms with Crippen molar-refractivity contribution in [2.24, 2.45) is 11.5 Å². The SMILES string of the molecule is Nc1nc2c(s1)[C@H](OC(=O)C(O)C(O)C(=O)O[C@H]1c3sc(N)nc3CC[C@H]1N)[C@H](N)CC2. The molecule has 2 heterocycles. The number of nitrogen functional groups attached to an aromatic ring is 2. The number of carbonyl (C=O) groups excluding carboxylic acids is 2. The van der Waals surface area contributed by atoms with Gasteiger partial charge in [-0.3, -0.25) is 0 Å². The van der Waals surface area contributed by atoms with Crippen molar-refractivity contribution >= 4 is 44.9 Å². The number of aromatic nitrogens is 2. The molecule has 12 nitrogen and oxygen atoms in total. The monoisotopic (exact) mass is 484 g/mol. The molecule has 0 amide bonds. The fourth-order valence-corrected chi connectivity index (χ4v) is 5.77. The topological polar surface area (TPSA) is 223 Å². The number of aliphatic hydroxyl groups excluding tert-OH is 2. The van der Waals surface area contributed by atoms with Gasteiger partial charge in [-0.05, 0) is 25.7 Å². The molecule has 14 heteroatoms. The van der Waals surface area contributed by atoms with Gasteiger partial charge in [0.1, 0.15) is 0 Å². The van der Waals surface area contributed by atoms with Crippen LogP contribution in [0, 0.1) is 0 Å². The van der Waals surface area contributed by atoms with Gasteiger partial charge in [0.05, 0.1) is 21.1 Å². The fraction of sp³-hybridized carbons (Fsp3) is 0.556. The molecule has 174 valence electrons. The van der Waals surface area contributed by atoms with E-state index in [1.54, 1.807) is 0 Å². The molecule has 0 aromatic carbocycles. The molecule has 0 saturated heterocycles. The average molecular weight is 485 g/mol. The zero-order valence-electron chi connectivity index (χ0n) is 16.8. The van der Waals surface area contributed by atoms with Crippen LogP contribution < -0.4 is 22.9 Å². The molecule has 6 atom stereocenters. The molecule has 0 saturated carbocycles. The van der Waals surface area contributed by atoms with Gasteiger partial charge in [-0.15, -0.1) is 0 Å². The molecule has 0 spiro atoms. The Morgan fingerprint density at radius 1 is 0.844 bits per heavy atom. The lowest BCUT2D eigenvalue weighted by Gasteiger charge is -2.30. The number of hydrogen-bond acceptors (Lipinski definition) is 14. The van der Waals surface area contributed by atoms with Gasteiger partial charge in [0.15, 0.2) is 34.7 Å². The quantitative estimate of drug-likeness (QED) is 0.278. The number of rotatable bonds is 5. The van der Waals surface area contributed by atoms with Crippen molar-refractivity contribution in [3.05, 3.63) is 21.1 Å². The summed E-state index contributed by atoms with van der Waals surface area (Å²) in [5.41, 5.74) is 25.0. The molecule has 2 aliphatic rings. The fourth-order valence-electron chi connectivity index (χ4n) is 3.80. The van der Waals surface area contributed by atoms with Crippen LogP contribution in [0.5, 0.6) is 0 Å². The van der Waals surface area contributed by atoms with Crippen molar-refractivity contribution in [2.75, 3.05) is 11.5 Å². The van der Waals surface area contributed by atoms with E-state index in [2.05, 4.69) is 9.97 Å². The van der Waals surface area contributed by atoms with Crippen LogP contribution in [0.1, 0.15) is 46.2 Å². The van der Waals surface area contributed by atoms with Crippen LogP contribution in [0.4, 0.5) is 10.3 Å². The summed E-state index contributed by atoms with van der Waals surface area (Å²) >= 11 is 2.27. The van der Waals surface area contributed by atoms with E-state index in [-0.39, 0.29) is 0 Å². The summed E-state index contributed by atoms with van der Waals surface area (Å²) in [7, 11) is 0. The van der Waals surface area contributed by atoms with Crippen molar-refractivity contribution in [2.45, 2.75) is 62.2 Å². The lowest BCUT2D eigenvalue weighted by Crippen LogP contribution is -2.45. The molecule has 2 aromatic heterocycles. The van der Waals surface area contributed by atoms with Gasteiger partial charge in [-0.25, -0.2) is 19.6 Å². The molecular weight excluding hydrogens is 460 g/mol. The second-order valence-electron chi connectivity index (χ2n) is 7.74. The van der Waals surface area contributed by atoms with Crippen molar-refractivity contribution in [3.63, 3.8) is 0 Å². The van der Waals surface area contributed by atoms with Gasteiger partial charge in [0.2, 0.25) is 0 Å². The first-order valence-electron chi connectivity index (χ1n) is 9.94. The van der Waals surface area contributed by atoms with Crippen LogP contribution in [-0.2, 0) is 31.9 Å². The molecule has 0 radical (unpaired) electrons. The summed E-state index contributed by atoms with van der Waals surface area (Å²) in [6.45, 7) is 0. The molecule has 10 N–H and O–H groups in total. The van der Waals surface area contributed by atoms with Crippen LogP contribution in [0.25, 0.3) is 0 Å². The summed E-state index contributed by atoms with van der Waals surface area (Å²) in [5.74, 6) is -2.43. The van der Waals surface area contributed by atoms with Gasteiger partial charge in [-0.1, -0.05) is 22.7 Å². The van der Waals surface area contributed by atoms with Gasteiger partial charge < -0.3 is 42.6 Å². The second-order valence-corrected chi connectivity index (χ2v) is 9.86. The van der Waals surface area contributed by atoms with Gasteiger partial charge in [0, 0.05) is 12.1 Å². The Hall–Kier alpha value is -2.36. The first-order chi connectivity index (χ1) is 15.2. The Labute approximate surface area is 190 Å². The highest BCUT2D eigenvalue weighted by molar-refractivity contribution is 7.15. The smallest absolute Gasteiger partial charge is 0.339 e. The number of anilines is 2. The minimum atomic E-state index is -2.18. The van der Waals surface area contributed by atoms with Crippen molar-refractivity contribution in [1.29, 1.82) is 0 Å². The molecule has 4 rings (SSSR count). The zero-order chi connectivity index (χ0) is 23.2. The minimum absolute atomic E-state index is 0.307. The van der Waals surface area contributed by atoms with Crippen molar-refractivity contribution < 1.29 is 29.3 Å². The summed E-state index contributed by atoms with van der Waals surface area (Å²) in [5, 5.41) is 21.1. The Balaban J connectivity index is 1.43. The standard InChI is InChI=1S/C18H24N6O6S2/c19-5-1-3-7-13(31-17(21)23-7)11(5)29-15(27)9(25)10(26)16(28)30-12-6(20)2-4-8-14(12)32-18(22)24-8/h5-6,9-12,25-26H,1-4,19-20H2,(H2,21,23)(H2,22,24)/t5-,6-,9?,10?,11-,12-/m1/s1. The van der Waals surface area contributed by atoms with Crippen LogP contribution in [0.3, 0.4) is 0 Å². The van der Waals surface area contributed by atoms with Crippen molar-refractivity contribution in [1.82, 2.24) is 9.97 Å². The number of hydrogen-bond donors (Lipinski definition) is 6. The van der Waals surface area contributed by atoms with E-state index in [1.807, 2.05) is 0 Å². The zero-order valence-corrected chi connectivity index (χ0v) is 18.5. The molecule has 0 aliphatic heterocycles. The van der Waals surface area contributed by atoms with E-state index in [1.165, 1.54) is 0 Å². The van der Waals surface area contributed by atoms with Crippen LogP contribution in [0.15, 0.2) is 0 Å². The van der Waals surface area contributed by atoms with Crippen LogP contribution in [-0.4, -0.2) is 56.4 Å². The highest BCUT2D eigenvalue weighted by atomic mass is 32.1. The largest absolute Gasteiger partial charge is 0.453 e. The Morgan fingerprint density at radius 2 is 1.22 bits per heavy atom. The number of carbonyl (C=O) groups is 2. The lowest BCUT2D eigenvalue weighted by molar-refractivity contribution is -0.180. The van der Waals surface area contributed by atoms with Gasteiger partial charge in [-0.2, -0.15) is 0 Å². The molecule has 2 aliphatic carbocycles. The number of fused-ring (bicyclic) bond motifs is 2. The van der Waals surface area contributed by atoms with Gasteiger partial charge >= 0.3 is 11.9 Å². The number of thiazole rings is 2. The highest BCUT2D eigenvalue weighted by Gasteiger charge is 2.41. The maximum atomic E-state index is 12.5. The molecule has 0 fully saturated rings. The maximum absolute atomic E-state index is 12.5. The Morgan fingerprint density at radius 3 is 1.59 bits per heavy atom. The summed E-state index contributed by atoms with van der Waals surface area (Å²) in [6.07, 6.45) is -4.00. The van der Waals surface area contributed by atoms with Crippen molar-refractivity contribution in [3.8, 4) is 0 Å². The summed E-state index contributed by atoms with van der Waals surface area (Å²) < 4.78 is 10.7. The maximum Gasteiger partial charge on any atom is 0.339 e. The van der Waals surface area contributed by atoms with E-state index in [0.29, 0.717) is 57.1 Å². The van der Waals surface area contributed by atoms with E-state index < -0.39 is 48.4 Å². The molecular formula is C18H24N6O6S2. The predicted molar refractivity (Wildman–Crippen MR) is 115 cm³/mol.